The lowest BCUT2D eigenvalue weighted by atomic mass is 10.2. The average molecular weight is 363 g/mol. The van der Waals surface area contributed by atoms with E-state index in [4.69, 9.17) is 4.98 Å². The number of nitrogens with zero attached hydrogens (tertiary/aromatic N) is 5. The fourth-order valence-electron chi connectivity index (χ4n) is 3.79. The van der Waals surface area contributed by atoms with Gasteiger partial charge in [0.2, 0.25) is 0 Å². The molecule has 3 aromatic heterocycles. The number of amides is 1. The molecule has 140 valence electrons. The third kappa shape index (κ3) is 3.32. The van der Waals surface area contributed by atoms with E-state index in [0.29, 0.717) is 12.2 Å². The van der Waals surface area contributed by atoms with Crippen LogP contribution in [-0.2, 0) is 6.54 Å². The van der Waals surface area contributed by atoms with Crippen LogP contribution in [0.25, 0.3) is 5.52 Å². The Kier molecular flexibility index (Phi) is 4.90. The number of hydrogen-bond donors (Lipinski definition) is 0. The van der Waals surface area contributed by atoms with Gasteiger partial charge in [-0.1, -0.05) is 12.1 Å². The lowest BCUT2D eigenvalue weighted by Crippen LogP contribution is -2.27. The number of rotatable bonds is 5. The molecular formula is C21H25N5O. The molecule has 4 heterocycles. The molecule has 0 N–H and O–H groups in total. The van der Waals surface area contributed by atoms with Crippen molar-refractivity contribution >= 4 is 11.4 Å². The van der Waals surface area contributed by atoms with Crippen molar-refractivity contribution in [1.82, 2.24) is 24.2 Å². The Hall–Kier alpha value is -2.73. The van der Waals surface area contributed by atoms with Crippen molar-refractivity contribution in [2.45, 2.75) is 32.4 Å². The first-order valence-corrected chi connectivity index (χ1v) is 9.55. The van der Waals surface area contributed by atoms with Crippen molar-refractivity contribution in [3.8, 4) is 0 Å². The van der Waals surface area contributed by atoms with Gasteiger partial charge in [0.05, 0.1) is 17.3 Å². The number of pyridine rings is 2. The fraction of sp³-hybridized carbons (Fsp3) is 0.381. The van der Waals surface area contributed by atoms with E-state index in [1.54, 1.807) is 4.90 Å². The van der Waals surface area contributed by atoms with Crippen LogP contribution in [0.5, 0.6) is 0 Å². The van der Waals surface area contributed by atoms with E-state index in [0.717, 1.165) is 43.0 Å². The molecule has 1 fully saturated rings. The SMILES string of the molecule is CCN(C)C(=O)c1nc([C@H]2CCCN2Cc2ccccn2)n2ccccc12. The summed E-state index contributed by atoms with van der Waals surface area (Å²) in [4.78, 5) is 26.3. The standard InChI is InChI=1S/C21H25N5O/c1-3-24(2)21(27)19-17-10-5-7-14-26(17)20(23-19)18-11-8-13-25(18)15-16-9-4-6-12-22-16/h4-7,9-10,12,14,18H,3,8,11,13,15H2,1-2H3/t18-/m1/s1. The van der Waals surface area contributed by atoms with Gasteiger partial charge in [0.25, 0.3) is 5.91 Å². The molecule has 0 aromatic carbocycles. The quantitative estimate of drug-likeness (QED) is 0.699. The van der Waals surface area contributed by atoms with Crippen molar-refractivity contribution < 1.29 is 4.79 Å². The van der Waals surface area contributed by atoms with Gasteiger partial charge < -0.3 is 9.30 Å². The number of carbonyl (C=O) groups is 1. The van der Waals surface area contributed by atoms with Crippen LogP contribution in [0, 0.1) is 0 Å². The number of hydrogen-bond acceptors (Lipinski definition) is 4. The molecule has 3 aromatic rings. The Labute approximate surface area is 159 Å². The summed E-state index contributed by atoms with van der Waals surface area (Å²) < 4.78 is 2.08. The first-order chi connectivity index (χ1) is 13.2. The second kappa shape index (κ2) is 7.48. The van der Waals surface area contributed by atoms with E-state index < -0.39 is 0 Å². The van der Waals surface area contributed by atoms with E-state index >= 15 is 0 Å². The predicted molar refractivity (Wildman–Crippen MR) is 104 cm³/mol. The van der Waals surface area contributed by atoms with Crippen LogP contribution >= 0.6 is 0 Å². The molecule has 0 unspecified atom stereocenters. The van der Waals surface area contributed by atoms with Gasteiger partial charge in [-0.25, -0.2) is 4.98 Å². The van der Waals surface area contributed by atoms with Gasteiger partial charge >= 0.3 is 0 Å². The summed E-state index contributed by atoms with van der Waals surface area (Å²) in [6, 6.07) is 12.1. The number of carbonyl (C=O) groups excluding carboxylic acids is 1. The molecule has 1 aliphatic rings. The highest BCUT2D eigenvalue weighted by molar-refractivity contribution is 5.99. The molecule has 1 saturated heterocycles. The first-order valence-electron chi connectivity index (χ1n) is 9.55. The van der Waals surface area contributed by atoms with E-state index in [1.165, 1.54) is 0 Å². The molecule has 0 spiro atoms. The van der Waals surface area contributed by atoms with Gasteiger partial charge in [0.15, 0.2) is 5.69 Å². The van der Waals surface area contributed by atoms with E-state index in [-0.39, 0.29) is 11.9 Å². The molecule has 0 bridgehead atoms. The highest BCUT2D eigenvalue weighted by Crippen LogP contribution is 2.33. The number of aromatic nitrogens is 3. The van der Waals surface area contributed by atoms with Gasteiger partial charge in [0.1, 0.15) is 5.82 Å². The third-order valence-corrected chi connectivity index (χ3v) is 5.35. The number of imidazole rings is 1. The Morgan fingerprint density at radius 2 is 2.11 bits per heavy atom. The zero-order valence-electron chi connectivity index (χ0n) is 15.9. The molecule has 1 aliphatic heterocycles. The molecule has 4 rings (SSSR count). The van der Waals surface area contributed by atoms with E-state index in [2.05, 4.69) is 20.4 Å². The minimum absolute atomic E-state index is 0.0262. The van der Waals surface area contributed by atoms with Crippen molar-refractivity contribution in [2.75, 3.05) is 20.1 Å². The normalized spacial score (nSPS) is 17.5. The third-order valence-electron chi connectivity index (χ3n) is 5.35. The van der Waals surface area contributed by atoms with Crippen LogP contribution < -0.4 is 0 Å². The highest BCUT2D eigenvalue weighted by atomic mass is 16.2. The Morgan fingerprint density at radius 3 is 2.89 bits per heavy atom. The Balaban J connectivity index is 1.71. The van der Waals surface area contributed by atoms with Crippen LogP contribution in [-0.4, -0.2) is 50.2 Å². The summed E-state index contributed by atoms with van der Waals surface area (Å²) in [7, 11) is 1.82. The fourth-order valence-corrected chi connectivity index (χ4v) is 3.79. The minimum Gasteiger partial charge on any atom is -0.341 e. The summed E-state index contributed by atoms with van der Waals surface area (Å²) in [5.41, 5.74) is 2.48. The van der Waals surface area contributed by atoms with Crippen molar-refractivity contribution in [3.63, 3.8) is 0 Å². The van der Waals surface area contributed by atoms with Gasteiger partial charge in [-0.3, -0.25) is 14.7 Å². The largest absolute Gasteiger partial charge is 0.341 e. The van der Waals surface area contributed by atoms with E-state index in [1.807, 2.05) is 56.7 Å². The summed E-state index contributed by atoms with van der Waals surface area (Å²) in [6.07, 6.45) is 6.01. The minimum atomic E-state index is -0.0262. The molecule has 1 amide bonds. The van der Waals surface area contributed by atoms with Gasteiger partial charge in [-0.2, -0.15) is 0 Å². The molecule has 6 heteroatoms. The summed E-state index contributed by atoms with van der Waals surface area (Å²) >= 11 is 0. The molecule has 6 nitrogen and oxygen atoms in total. The van der Waals surface area contributed by atoms with Gasteiger partial charge in [-0.05, 0) is 50.6 Å². The van der Waals surface area contributed by atoms with Crippen LogP contribution in [0.4, 0.5) is 0 Å². The van der Waals surface area contributed by atoms with Gasteiger partial charge in [-0.15, -0.1) is 0 Å². The van der Waals surface area contributed by atoms with Crippen molar-refractivity contribution in [2.24, 2.45) is 0 Å². The van der Waals surface area contributed by atoms with Gasteiger partial charge in [0, 0.05) is 32.5 Å². The monoisotopic (exact) mass is 363 g/mol. The number of likely N-dealkylation sites (tertiary alicyclic amines) is 1. The zero-order chi connectivity index (χ0) is 18.8. The molecule has 27 heavy (non-hydrogen) atoms. The molecule has 0 saturated carbocycles. The molecule has 1 atom stereocenters. The predicted octanol–water partition coefficient (Wildman–Crippen LogP) is 3.16. The summed E-state index contributed by atoms with van der Waals surface area (Å²) in [6.45, 7) is 4.45. The lowest BCUT2D eigenvalue weighted by Gasteiger charge is -2.23. The molecular weight excluding hydrogens is 338 g/mol. The van der Waals surface area contributed by atoms with Crippen molar-refractivity contribution in [3.05, 3.63) is 66.0 Å². The molecule has 0 aliphatic carbocycles. The number of fused-ring (bicyclic) bond motifs is 1. The van der Waals surface area contributed by atoms with E-state index in [9.17, 15) is 4.79 Å². The van der Waals surface area contributed by atoms with Crippen LogP contribution in [0.15, 0.2) is 48.8 Å². The molecule has 0 radical (unpaired) electrons. The maximum Gasteiger partial charge on any atom is 0.274 e. The second-order valence-electron chi connectivity index (χ2n) is 7.04. The maximum absolute atomic E-state index is 12.8. The topological polar surface area (TPSA) is 53.7 Å². The Bertz CT molecular complexity index is 936. The smallest absolute Gasteiger partial charge is 0.274 e. The summed E-state index contributed by atoms with van der Waals surface area (Å²) in [5.74, 6) is 0.925. The first kappa shape index (κ1) is 17.7. The van der Waals surface area contributed by atoms with Crippen LogP contribution in [0.3, 0.4) is 0 Å². The van der Waals surface area contributed by atoms with Crippen molar-refractivity contribution in [1.29, 1.82) is 0 Å². The lowest BCUT2D eigenvalue weighted by molar-refractivity contribution is 0.0798. The summed E-state index contributed by atoms with van der Waals surface area (Å²) in [5, 5.41) is 0. The highest BCUT2D eigenvalue weighted by Gasteiger charge is 2.31. The maximum atomic E-state index is 12.8. The van der Waals surface area contributed by atoms with Crippen LogP contribution in [0.1, 0.15) is 47.8 Å². The second-order valence-corrected chi connectivity index (χ2v) is 7.04. The van der Waals surface area contributed by atoms with Crippen LogP contribution in [0.2, 0.25) is 0 Å². The average Bonchev–Trinajstić information content (AvgIpc) is 3.32. The Morgan fingerprint density at radius 1 is 1.26 bits per heavy atom. The zero-order valence-corrected chi connectivity index (χ0v) is 15.9.